The number of benzene rings is 1. The summed E-state index contributed by atoms with van der Waals surface area (Å²) < 4.78 is 19.4. The van der Waals surface area contributed by atoms with Gasteiger partial charge in [-0.3, -0.25) is 4.90 Å². The minimum atomic E-state index is -0.151. The fraction of sp³-hybridized carbons (Fsp3) is 0.625. The number of hydrogen-bond acceptors (Lipinski definition) is 4. The van der Waals surface area contributed by atoms with Gasteiger partial charge in [-0.2, -0.15) is 0 Å². The molecule has 0 spiro atoms. The Bertz CT molecular complexity index is 449. The van der Waals surface area contributed by atoms with Crippen molar-refractivity contribution in [2.24, 2.45) is 5.73 Å². The van der Waals surface area contributed by atoms with E-state index in [4.69, 9.17) is 10.5 Å². The maximum absolute atomic E-state index is 13.8. The summed E-state index contributed by atoms with van der Waals surface area (Å²) in [6.45, 7) is 9.39. The third-order valence-electron chi connectivity index (χ3n) is 4.29. The van der Waals surface area contributed by atoms with Gasteiger partial charge >= 0.3 is 0 Å². The number of hydrogen-bond donors (Lipinski definition) is 1. The molecule has 1 atom stereocenters. The van der Waals surface area contributed by atoms with Crippen molar-refractivity contribution in [3.8, 4) is 0 Å². The highest BCUT2D eigenvalue weighted by atomic mass is 19.1. The van der Waals surface area contributed by atoms with Gasteiger partial charge in [0.25, 0.3) is 0 Å². The van der Waals surface area contributed by atoms with Gasteiger partial charge in [0.15, 0.2) is 0 Å². The van der Waals surface area contributed by atoms with E-state index in [1.54, 1.807) is 6.07 Å². The van der Waals surface area contributed by atoms with Crippen molar-refractivity contribution >= 4 is 5.69 Å². The van der Waals surface area contributed by atoms with Crippen LogP contribution in [0.4, 0.5) is 10.1 Å². The van der Waals surface area contributed by atoms with Crippen molar-refractivity contribution in [2.75, 3.05) is 50.8 Å². The van der Waals surface area contributed by atoms with Crippen LogP contribution in [0.25, 0.3) is 0 Å². The molecule has 1 aromatic rings. The summed E-state index contributed by atoms with van der Waals surface area (Å²) in [5, 5.41) is 0. The van der Waals surface area contributed by atoms with Crippen LogP contribution in [-0.2, 0) is 4.74 Å². The molecule has 0 amide bonds. The highest BCUT2D eigenvalue weighted by molar-refractivity contribution is 5.48. The molecule has 2 rings (SSSR count). The summed E-state index contributed by atoms with van der Waals surface area (Å²) in [6.07, 6.45) is 0. The Morgan fingerprint density at radius 2 is 1.90 bits per heavy atom. The van der Waals surface area contributed by atoms with Gasteiger partial charge in [-0.15, -0.1) is 0 Å². The Labute approximate surface area is 126 Å². The Morgan fingerprint density at radius 3 is 2.48 bits per heavy atom. The van der Waals surface area contributed by atoms with Crippen LogP contribution in [0, 0.1) is 5.82 Å². The molecule has 118 valence electrons. The first-order valence-electron chi connectivity index (χ1n) is 7.63. The van der Waals surface area contributed by atoms with Gasteiger partial charge in [-0.25, -0.2) is 4.39 Å². The quantitative estimate of drug-likeness (QED) is 0.867. The van der Waals surface area contributed by atoms with Crippen LogP contribution < -0.4 is 10.6 Å². The Balaban J connectivity index is 1.98. The summed E-state index contributed by atoms with van der Waals surface area (Å²) >= 11 is 0. The molecular formula is C16H26FN3O. The van der Waals surface area contributed by atoms with Gasteiger partial charge in [-0.1, -0.05) is 12.1 Å². The molecule has 1 saturated heterocycles. The molecule has 0 bridgehead atoms. The van der Waals surface area contributed by atoms with E-state index in [2.05, 4.69) is 16.7 Å². The van der Waals surface area contributed by atoms with Crippen molar-refractivity contribution in [1.29, 1.82) is 0 Å². The normalized spacial score (nSPS) is 19.5. The largest absolute Gasteiger partial charge is 0.380 e. The first kappa shape index (κ1) is 16.2. The average Bonchev–Trinajstić information content (AvgIpc) is 2.53. The molecule has 1 aliphatic heterocycles. The molecule has 1 aromatic carbocycles. The lowest BCUT2D eigenvalue weighted by molar-refractivity contribution is 0.00744. The van der Waals surface area contributed by atoms with E-state index >= 15 is 0 Å². The summed E-state index contributed by atoms with van der Waals surface area (Å²) in [7, 11) is 0. The third-order valence-corrected chi connectivity index (χ3v) is 4.29. The lowest BCUT2D eigenvalue weighted by atomic mass is 10.00. The van der Waals surface area contributed by atoms with Gasteiger partial charge < -0.3 is 15.4 Å². The molecule has 21 heavy (non-hydrogen) atoms. The number of piperazine rings is 1. The van der Waals surface area contributed by atoms with E-state index in [0.29, 0.717) is 25.4 Å². The molecule has 0 radical (unpaired) electrons. The first-order chi connectivity index (χ1) is 10.1. The third kappa shape index (κ3) is 3.73. The molecular weight excluding hydrogens is 269 g/mol. The van der Waals surface area contributed by atoms with E-state index < -0.39 is 0 Å². The summed E-state index contributed by atoms with van der Waals surface area (Å²) in [4.78, 5) is 4.46. The Hall–Kier alpha value is -1.17. The smallest absolute Gasteiger partial charge is 0.146 e. The summed E-state index contributed by atoms with van der Waals surface area (Å²) in [5.74, 6) is -0.151. The lowest BCUT2D eigenvalue weighted by Crippen LogP contribution is -2.61. The number of para-hydroxylation sites is 1. The van der Waals surface area contributed by atoms with Crippen LogP contribution in [0.1, 0.15) is 13.8 Å². The fourth-order valence-corrected chi connectivity index (χ4v) is 2.80. The van der Waals surface area contributed by atoms with Gasteiger partial charge in [0.1, 0.15) is 5.82 Å². The van der Waals surface area contributed by atoms with Gasteiger partial charge in [-0.05, 0) is 26.0 Å². The van der Waals surface area contributed by atoms with Crippen molar-refractivity contribution in [3.63, 3.8) is 0 Å². The number of halogens is 1. The minimum absolute atomic E-state index is 0.142. The van der Waals surface area contributed by atoms with Crippen LogP contribution >= 0.6 is 0 Å². The van der Waals surface area contributed by atoms with E-state index in [0.717, 1.165) is 26.2 Å². The highest BCUT2D eigenvalue weighted by Gasteiger charge is 2.33. The van der Waals surface area contributed by atoms with Crippen LogP contribution in [0.2, 0.25) is 0 Å². The van der Waals surface area contributed by atoms with Crippen LogP contribution in [0.3, 0.4) is 0 Å². The predicted molar refractivity (Wildman–Crippen MR) is 84.1 cm³/mol. The van der Waals surface area contributed by atoms with Gasteiger partial charge in [0, 0.05) is 39.3 Å². The average molecular weight is 295 g/mol. The van der Waals surface area contributed by atoms with Crippen LogP contribution in [0.5, 0.6) is 0 Å². The molecule has 5 heteroatoms. The molecule has 4 nitrogen and oxygen atoms in total. The second-order valence-electron chi connectivity index (χ2n) is 5.76. The second-order valence-corrected chi connectivity index (χ2v) is 5.76. The molecule has 1 fully saturated rings. The molecule has 0 saturated carbocycles. The van der Waals surface area contributed by atoms with E-state index in [1.807, 2.05) is 19.1 Å². The Morgan fingerprint density at radius 1 is 1.24 bits per heavy atom. The van der Waals surface area contributed by atoms with Crippen molar-refractivity contribution in [2.45, 2.75) is 19.4 Å². The minimum Gasteiger partial charge on any atom is -0.380 e. The number of nitrogens with zero attached hydrogens (tertiary/aromatic N) is 2. The van der Waals surface area contributed by atoms with Crippen LogP contribution in [-0.4, -0.2) is 56.4 Å². The monoisotopic (exact) mass is 295 g/mol. The fourth-order valence-electron chi connectivity index (χ4n) is 2.80. The van der Waals surface area contributed by atoms with E-state index in [9.17, 15) is 4.39 Å². The van der Waals surface area contributed by atoms with Crippen LogP contribution in [0.15, 0.2) is 24.3 Å². The maximum Gasteiger partial charge on any atom is 0.146 e. The highest BCUT2D eigenvalue weighted by Crippen LogP contribution is 2.23. The van der Waals surface area contributed by atoms with E-state index in [1.165, 1.54) is 6.07 Å². The summed E-state index contributed by atoms with van der Waals surface area (Å²) in [5.41, 5.74) is 6.50. The standard InChI is InChI=1S/C16H26FN3O/c1-3-21-13-16(2,12-18)20-10-8-19(9-11-20)15-7-5-4-6-14(15)17/h4-7H,3,8-13,18H2,1-2H3. The van der Waals surface area contributed by atoms with Crippen molar-refractivity contribution in [1.82, 2.24) is 4.90 Å². The number of nitrogens with two attached hydrogens (primary N) is 1. The SMILES string of the molecule is CCOCC(C)(CN)N1CCN(c2ccccc2F)CC1. The Kier molecular flexibility index (Phi) is 5.56. The van der Waals surface area contributed by atoms with Gasteiger partial charge in [0.05, 0.1) is 17.8 Å². The zero-order valence-electron chi connectivity index (χ0n) is 13.0. The summed E-state index contributed by atoms with van der Waals surface area (Å²) in [6, 6.07) is 6.96. The molecule has 1 aliphatic rings. The van der Waals surface area contributed by atoms with E-state index in [-0.39, 0.29) is 11.4 Å². The lowest BCUT2D eigenvalue weighted by Gasteiger charge is -2.45. The van der Waals surface area contributed by atoms with Gasteiger partial charge in [0.2, 0.25) is 0 Å². The topological polar surface area (TPSA) is 41.7 Å². The number of anilines is 1. The molecule has 2 N–H and O–H groups in total. The number of ether oxygens (including phenoxy) is 1. The van der Waals surface area contributed by atoms with Crippen molar-refractivity contribution in [3.05, 3.63) is 30.1 Å². The molecule has 0 aromatic heterocycles. The number of rotatable bonds is 6. The molecule has 0 aliphatic carbocycles. The predicted octanol–water partition coefficient (Wildman–Crippen LogP) is 1.70. The second kappa shape index (κ2) is 7.20. The molecule has 1 unspecified atom stereocenters. The maximum atomic E-state index is 13.8. The van der Waals surface area contributed by atoms with Crippen molar-refractivity contribution < 1.29 is 9.13 Å². The molecule has 1 heterocycles. The zero-order chi connectivity index (χ0) is 15.3. The zero-order valence-corrected chi connectivity index (χ0v) is 13.0. The first-order valence-corrected chi connectivity index (χ1v) is 7.63.